The molecule has 0 heterocycles. The van der Waals surface area contributed by atoms with E-state index in [4.69, 9.17) is 0 Å². The van der Waals surface area contributed by atoms with Gasteiger partial charge in [-0.3, -0.25) is 0 Å². The number of rotatable bonds is 16. The molecule has 0 unspecified atom stereocenters. The van der Waals surface area contributed by atoms with Gasteiger partial charge in [0, 0.05) is 0 Å². The van der Waals surface area contributed by atoms with Crippen LogP contribution in [0.25, 0.3) is 243 Å². The summed E-state index contributed by atoms with van der Waals surface area (Å²) in [4.78, 5) is 0. The standard InChI is InChI=1S/C68H48.C66H40F4/c1-45-23-27-53(28-24-45)65-61-43-57(49-19-11-5-12-20-49)39-41-59(61)64(56-37-33-52(34-38-56)48-17-9-4-10-18-48)68-66(54-29-25-46(2)26-30-54)62-44-58(50-21-13-6-14-22-50)40-42-60(62)63(67(65)68)55-35-31-51(32-36-55)47-15-7-3-8-16-47;67-53-29-19-43(20-30-53)41-11-15-49(16-12-41)61-58-38-28-52(46-25-35-56(70)36-26-46)40-60(58)64(48-9-5-2-6-10-48)66-62(50-17-13-42(14-18-50)44-21-31-54(68)32-22-44)57-37-27-51(45-23-33-55(69)34-24-45)39-59(57)63(65(61)66)47-7-3-1-4-8-47/h3-44H,1-2H3;1-40H. The summed E-state index contributed by atoms with van der Waals surface area (Å²) in [6.45, 7) is 4.37. The van der Waals surface area contributed by atoms with Crippen molar-refractivity contribution in [1.82, 2.24) is 0 Å². The molecule has 138 heavy (non-hydrogen) atoms. The normalized spacial score (nSPS) is 11.4. The van der Waals surface area contributed by atoms with E-state index >= 15 is 0 Å². The Morgan fingerprint density at radius 1 is 0.109 bits per heavy atom. The Hall–Kier alpha value is -17.4. The highest BCUT2D eigenvalue weighted by Crippen LogP contribution is 2.58. The van der Waals surface area contributed by atoms with Gasteiger partial charge in [0.25, 0.3) is 0 Å². The quantitative estimate of drug-likeness (QED) is 0.0668. The number of hydrogen-bond donors (Lipinski definition) is 0. The van der Waals surface area contributed by atoms with E-state index in [1.165, 1.54) is 181 Å². The average Bonchev–Trinajstić information content (AvgIpc) is 0.696. The summed E-state index contributed by atoms with van der Waals surface area (Å²) < 4.78 is 57.2. The highest BCUT2D eigenvalue weighted by Gasteiger charge is 2.31. The molecule has 0 N–H and O–H groups in total. The van der Waals surface area contributed by atoms with E-state index in [1.54, 1.807) is 24.3 Å². The Morgan fingerprint density at radius 2 is 0.232 bits per heavy atom. The average molecular weight is 1770 g/mol. The van der Waals surface area contributed by atoms with Crippen molar-refractivity contribution in [3.63, 3.8) is 0 Å². The topological polar surface area (TPSA) is 0 Å². The van der Waals surface area contributed by atoms with Gasteiger partial charge in [-0.1, -0.05) is 436 Å². The number of halogens is 4. The van der Waals surface area contributed by atoms with E-state index in [2.05, 4.69) is 402 Å². The number of benzene rings is 24. The van der Waals surface area contributed by atoms with Crippen LogP contribution in [0, 0.1) is 37.1 Å². The zero-order valence-electron chi connectivity index (χ0n) is 75.9. The van der Waals surface area contributed by atoms with Crippen LogP contribution in [0.2, 0.25) is 0 Å². The Morgan fingerprint density at radius 3 is 0.428 bits per heavy atom. The Labute approximate surface area is 800 Å². The largest absolute Gasteiger partial charge is 0.207 e. The molecule has 0 atom stereocenters. The SMILES string of the molecule is Cc1ccc(-c2c3cc(-c4ccccc4)ccc3c(-c3ccc(-c4ccccc4)cc3)c3c(-c4ccc(C)cc4)c4cc(-c5ccccc5)ccc4c(-c4ccc(-c5ccccc5)cc4)c23)cc1.Fc1ccc(-c2ccc(-c3c4ccc(-c5ccc(F)cc5)cc4c(-c4ccccc4)c4c(-c5ccc(-c6ccc(F)cc6)cc5)c5ccc(-c6ccc(F)cc6)cc5c(-c5ccccc5)c34)cc2)cc1. The van der Waals surface area contributed by atoms with Crippen LogP contribution in [0.4, 0.5) is 17.6 Å². The lowest BCUT2D eigenvalue weighted by Gasteiger charge is -2.26. The van der Waals surface area contributed by atoms with Crippen molar-refractivity contribution in [2.45, 2.75) is 13.8 Å². The molecule has 24 rings (SSSR count). The second kappa shape index (κ2) is 36.5. The second-order valence-electron chi connectivity index (χ2n) is 35.8. The minimum absolute atomic E-state index is 0.291. The van der Waals surface area contributed by atoms with Crippen LogP contribution in [0.3, 0.4) is 0 Å². The molecule has 4 heteroatoms. The summed E-state index contributed by atoms with van der Waals surface area (Å²) in [5.41, 5.74) is 37.3. The zero-order valence-corrected chi connectivity index (χ0v) is 75.9. The summed E-state index contributed by atoms with van der Waals surface area (Å²) >= 11 is 0. The smallest absolute Gasteiger partial charge is 0.123 e. The first-order chi connectivity index (χ1) is 67.9. The molecule has 0 saturated carbocycles. The molecule has 0 radical (unpaired) electrons. The van der Waals surface area contributed by atoms with Crippen molar-refractivity contribution in [1.29, 1.82) is 0 Å². The van der Waals surface area contributed by atoms with Gasteiger partial charge in [-0.25, -0.2) is 17.6 Å². The molecule has 24 aromatic rings. The van der Waals surface area contributed by atoms with Crippen LogP contribution in [0.1, 0.15) is 11.1 Å². The lowest BCUT2D eigenvalue weighted by atomic mass is 9.76. The van der Waals surface area contributed by atoms with Crippen LogP contribution in [-0.4, -0.2) is 0 Å². The van der Waals surface area contributed by atoms with Gasteiger partial charge in [0.1, 0.15) is 23.3 Å². The first-order valence-electron chi connectivity index (χ1n) is 46.9. The third-order valence-corrected chi connectivity index (χ3v) is 27.4. The van der Waals surface area contributed by atoms with Crippen molar-refractivity contribution in [2.75, 3.05) is 0 Å². The van der Waals surface area contributed by atoms with Gasteiger partial charge in [0.2, 0.25) is 0 Å². The molecule has 0 spiro atoms. The van der Waals surface area contributed by atoms with Gasteiger partial charge >= 0.3 is 0 Å². The fourth-order valence-corrected chi connectivity index (χ4v) is 20.6. The number of fused-ring (bicyclic) bond motifs is 6. The maximum Gasteiger partial charge on any atom is 0.123 e. The van der Waals surface area contributed by atoms with Crippen molar-refractivity contribution in [3.8, 4) is 178 Å². The number of aryl methyl sites for hydroxylation is 2. The number of hydrogen-bond acceptors (Lipinski definition) is 0. The predicted octanol–water partition coefficient (Wildman–Crippen LogP) is 38.1. The monoisotopic (exact) mass is 1770 g/mol. The van der Waals surface area contributed by atoms with E-state index in [1.807, 2.05) is 36.4 Å². The highest BCUT2D eigenvalue weighted by atomic mass is 19.1. The molecule has 0 bridgehead atoms. The fourth-order valence-electron chi connectivity index (χ4n) is 20.6. The Bertz CT molecular complexity index is 8160. The summed E-state index contributed by atoms with van der Waals surface area (Å²) in [5, 5.41) is 13.6. The molecular formula is C134H88F4. The third-order valence-electron chi connectivity index (χ3n) is 27.4. The molecule has 0 aliphatic carbocycles. The molecule has 0 saturated heterocycles. The maximum atomic E-state index is 14.4. The van der Waals surface area contributed by atoms with Gasteiger partial charge in [-0.05, 0) is 329 Å². The molecule has 0 aromatic heterocycles. The molecule has 0 fully saturated rings. The van der Waals surface area contributed by atoms with Gasteiger partial charge in [0.05, 0.1) is 0 Å². The van der Waals surface area contributed by atoms with Crippen molar-refractivity contribution in [2.24, 2.45) is 0 Å². The maximum absolute atomic E-state index is 14.4. The van der Waals surface area contributed by atoms with E-state index in [0.717, 1.165) is 121 Å². The van der Waals surface area contributed by atoms with Crippen molar-refractivity contribution < 1.29 is 17.6 Å². The van der Waals surface area contributed by atoms with Gasteiger partial charge in [-0.15, -0.1) is 0 Å². The van der Waals surface area contributed by atoms with Crippen LogP contribution >= 0.6 is 0 Å². The first-order valence-corrected chi connectivity index (χ1v) is 46.9. The summed E-state index contributed by atoms with van der Waals surface area (Å²) in [6.07, 6.45) is 0. The van der Waals surface area contributed by atoms with E-state index in [0.29, 0.717) is 0 Å². The third kappa shape index (κ3) is 16.1. The molecule has 652 valence electrons. The zero-order chi connectivity index (χ0) is 92.9. The molecular weight excluding hydrogens is 1690 g/mol. The highest BCUT2D eigenvalue weighted by molar-refractivity contribution is 6.36. The van der Waals surface area contributed by atoms with E-state index in [9.17, 15) is 17.6 Å². The lowest BCUT2D eigenvalue weighted by Crippen LogP contribution is -1.98. The first kappa shape index (κ1) is 84.8. The van der Waals surface area contributed by atoms with Crippen molar-refractivity contribution in [3.05, 3.63) is 532 Å². The van der Waals surface area contributed by atoms with Crippen LogP contribution in [0.5, 0.6) is 0 Å². The summed E-state index contributed by atoms with van der Waals surface area (Å²) in [6, 6.07) is 172. The minimum atomic E-state index is -0.301. The van der Waals surface area contributed by atoms with E-state index in [-0.39, 0.29) is 23.3 Å². The predicted molar refractivity (Wildman–Crippen MR) is 574 cm³/mol. The van der Waals surface area contributed by atoms with E-state index < -0.39 is 0 Å². The second-order valence-corrected chi connectivity index (χ2v) is 35.8. The van der Waals surface area contributed by atoms with Crippen LogP contribution in [-0.2, 0) is 0 Å². The van der Waals surface area contributed by atoms with Crippen LogP contribution in [0.15, 0.2) is 497 Å². The molecule has 0 aliphatic heterocycles. The minimum Gasteiger partial charge on any atom is -0.207 e. The van der Waals surface area contributed by atoms with Crippen LogP contribution < -0.4 is 0 Å². The molecule has 0 nitrogen and oxygen atoms in total. The summed E-state index contributed by atoms with van der Waals surface area (Å²) in [7, 11) is 0. The lowest BCUT2D eigenvalue weighted by molar-refractivity contribution is 0.627. The Balaban J connectivity index is 0.000000155. The fraction of sp³-hybridized carbons (Fsp3) is 0.0149. The molecule has 0 amide bonds. The Kier molecular flexibility index (Phi) is 22.4. The van der Waals surface area contributed by atoms with Gasteiger partial charge in [-0.2, -0.15) is 0 Å². The van der Waals surface area contributed by atoms with Crippen molar-refractivity contribution >= 4 is 64.6 Å². The molecule has 0 aliphatic rings. The van der Waals surface area contributed by atoms with Gasteiger partial charge in [0.15, 0.2) is 0 Å². The molecule has 24 aromatic carbocycles. The van der Waals surface area contributed by atoms with Gasteiger partial charge < -0.3 is 0 Å². The summed E-state index contributed by atoms with van der Waals surface area (Å²) in [5.74, 6) is -1.18.